The lowest BCUT2D eigenvalue weighted by atomic mass is 9.59. The van der Waals surface area contributed by atoms with Gasteiger partial charge >= 0.3 is 11.9 Å². The van der Waals surface area contributed by atoms with Crippen LogP contribution >= 0.6 is 0 Å². The first-order valence-corrected chi connectivity index (χ1v) is 13.1. The van der Waals surface area contributed by atoms with Crippen molar-refractivity contribution in [3.63, 3.8) is 0 Å². The molecule has 0 heterocycles. The normalized spacial score (nSPS) is 42.2. The van der Waals surface area contributed by atoms with Gasteiger partial charge in [0.1, 0.15) is 11.7 Å². The van der Waals surface area contributed by atoms with Crippen LogP contribution in [0, 0.1) is 28.6 Å². The number of carbonyl (C=O) groups is 3. The molecule has 3 N–H and O–H groups in total. The second-order valence-corrected chi connectivity index (χ2v) is 11.9. The zero-order valence-corrected chi connectivity index (χ0v) is 22.2. The molecule has 0 radical (unpaired) electrons. The summed E-state index contributed by atoms with van der Waals surface area (Å²) in [6, 6.07) is 0. The molecule has 2 bridgehead atoms. The third-order valence-electron chi connectivity index (χ3n) is 9.58. The highest BCUT2D eigenvalue weighted by atomic mass is 16.6. The highest BCUT2D eigenvalue weighted by Crippen LogP contribution is 2.75. The Labute approximate surface area is 212 Å². The van der Waals surface area contributed by atoms with E-state index in [2.05, 4.69) is 0 Å². The maximum absolute atomic E-state index is 14.5. The van der Waals surface area contributed by atoms with E-state index < -0.39 is 64.6 Å². The molecule has 0 saturated heterocycles. The van der Waals surface area contributed by atoms with Crippen molar-refractivity contribution in [3.8, 4) is 0 Å². The summed E-state index contributed by atoms with van der Waals surface area (Å²) < 4.78 is 11.7. The molecule has 8 atom stereocenters. The molecule has 0 aromatic carbocycles. The van der Waals surface area contributed by atoms with Crippen LogP contribution in [0.3, 0.4) is 0 Å². The average molecular weight is 505 g/mol. The highest BCUT2D eigenvalue weighted by Gasteiger charge is 2.83. The van der Waals surface area contributed by atoms with Gasteiger partial charge in [0.15, 0.2) is 17.5 Å². The van der Waals surface area contributed by atoms with Crippen molar-refractivity contribution in [2.75, 3.05) is 6.61 Å². The van der Waals surface area contributed by atoms with Crippen molar-refractivity contribution in [1.29, 1.82) is 0 Å². The van der Waals surface area contributed by atoms with E-state index in [1.807, 2.05) is 27.7 Å². The Balaban J connectivity index is 1.85. The highest BCUT2D eigenvalue weighted by molar-refractivity contribution is 5.96. The number of hydrogen-bond acceptors (Lipinski definition) is 8. The molecule has 2 saturated carbocycles. The fourth-order valence-electron chi connectivity index (χ4n) is 7.86. The fourth-order valence-corrected chi connectivity index (χ4v) is 7.86. The molecule has 8 nitrogen and oxygen atoms in total. The van der Waals surface area contributed by atoms with Gasteiger partial charge in [-0.2, -0.15) is 0 Å². The standard InChI is InChI=1S/C28H40O8/c1-7-8-9-10-20(31)35-24-15(2)12-26-16(3)13-27(36-17(4)30)21(25(27,5)6)19(23(26)33)11-18(14-29)22(32)28(24,26)34/h11-12,16,19,21-22,24,29,32,34H,7-10,13-14H2,1-6H3/t16-,19+,21-,22-,24+,26+,27+,28+/m1/s1. The Bertz CT molecular complexity index is 1030. The second-order valence-electron chi connectivity index (χ2n) is 11.9. The number of fused-ring (bicyclic) bond motifs is 3. The lowest BCUT2D eigenvalue weighted by Crippen LogP contribution is -2.66. The van der Waals surface area contributed by atoms with Crippen LogP contribution in [0.25, 0.3) is 0 Å². The molecule has 4 rings (SSSR count). The molecule has 0 unspecified atom stereocenters. The predicted molar refractivity (Wildman–Crippen MR) is 130 cm³/mol. The lowest BCUT2D eigenvalue weighted by molar-refractivity contribution is -0.204. The van der Waals surface area contributed by atoms with Crippen LogP contribution in [-0.4, -0.2) is 63.1 Å². The minimum absolute atomic E-state index is 0.0985. The largest absolute Gasteiger partial charge is 0.458 e. The number of unbranched alkanes of at least 4 members (excludes halogenated alkanes) is 2. The van der Waals surface area contributed by atoms with Gasteiger partial charge in [-0.25, -0.2) is 0 Å². The smallest absolute Gasteiger partial charge is 0.306 e. The minimum atomic E-state index is -2.21. The van der Waals surface area contributed by atoms with E-state index in [-0.39, 0.29) is 23.7 Å². The van der Waals surface area contributed by atoms with E-state index >= 15 is 0 Å². The Hall–Kier alpha value is -2.03. The molecule has 0 aliphatic heterocycles. The number of rotatable bonds is 7. The summed E-state index contributed by atoms with van der Waals surface area (Å²) in [5.74, 6) is -3.03. The number of carbonyl (C=O) groups excluding carboxylic acids is 3. The van der Waals surface area contributed by atoms with Crippen molar-refractivity contribution in [2.45, 2.75) is 97.1 Å². The van der Waals surface area contributed by atoms with Crippen molar-refractivity contribution >= 4 is 17.7 Å². The average Bonchev–Trinajstić information content (AvgIpc) is 3.18. The molecule has 0 aromatic heterocycles. The number of allylic oxidation sites excluding steroid dienone is 1. The van der Waals surface area contributed by atoms with E-state index in [0.717, 1.165) is 12.8 Å². The predicted octanol–water partition coefficient (Wildman–Crippen LogP) is 2.63. The summed E-state index contributed by atoms with van der Waals surface area (Å²) in [5.41, 5.74) is -4.69. The molecule has 0 aromatic rings. The molecule has 0 amide bonds. The molecule has 200 valence electrons. The van der Waals surface area contributed by atoms with Crippen LogP contribution in [0.15, 0.2) is 23.3 Å². The van der Waals surface area contributed by atoms with Gasteiger partial charge in [-0.05, 0) is 36.8 Å². The van der Waals surface area contributed by atoms with Crippen LogP contribution in [0.1, 0.15) is 73.6 Å². The molecule has 4 aliphatic carbocycles. The number of hydrogen-bond donors (Lipinski definition) is 3. The lowest BCUT2D eigenvalue weighted by Gasteiger charge is -2.49. The fraction of sp³-hybridized carbons (Fsp3) is 0.750. The van der Waals surface area contributed by atoms with Crippen molar-refractivity contribution in [3.05, 3.63) is 23.3 Å². The van der Waals surface area contributed by atoms with E-state index in [0.29, 0.717) is 18.4 Å². The van der Waals surface area contributed by atoms with Gasteiger partial charge < -0.3 is 24.8 Å². The SMILES string of the molecule is CCCCCC(=O)O[C@H]1C(C)=C[C@]23C(=O)[C@@H](C=C(CO)[C@@H](O)[C@]12O)[C@@H]1C(C)(C)[C@]1(OC(C)=O)C[C@H]3C. The van der Waals surface area contributed by atoms with Crippen LogP contribution < -0.4 is 0 Å². The molecule has 4 aliphatic rings. The molecule has 1 spiro atoms. The first-order chi connectivity index (χ1) is 16.8. The van der Waals surface area contributed by atoms with E-state index in [1.165, 1.54) is 6.92 Å². The summed E-state index contributed by atoms with van der Waals surface area (Å²) >= 11 is 0. The number of esters is 2. The number of ketones is 1. The third kappa shape index (κ3) is 3.33. The summed E-state index contributed by atoms with van der Waals surface area (Å²) in [5, 5.41) is 34.2. The second kappa shape index (κ2) is 8.77. The van der Waals surface area contributed by atoms with Gasteiger partial charge in [-0.1, -0.05) is 52.7 Å². The van der Waals surface area contributed by atoms with Crippen molar-refractivity contribution in [1.82, 2.24) is 0 Å². The van der Waals surface area contributed by atoms with Gasteiger partial charge in [-0.3, -0.25) is 14.4 Å². The zero-order valence-electron chi connectivity index (χ0n) is 22.2. The first-order valence-electron chi connectivity index (χ1n) is 13.1. The maximum atomic E-state index is 14.5. The third-order valence-corrected chi connectivity index (χ3v) is 9.58. The van der Waals surface area contributed by atoms with Gasteiger partial charge in [0, 0.05) is 30.6 Å². The van der Waals surface area contributed by atoms with Crippen LogP contribution in [0.2, 0.25) is 0 Å². The topological polar surface area (TPSA) is 130 Å². The van der Waals surface area contributed by atoms with Gasteiger partial charge in [-0.15, -0.1) is 0 Å². The van der Waals surface area contributed by atoms with Gasteiger partial charge in [0.25, 0.3) is 0 Å². The molecule has 36 heavy (non-hydrogen) atoms. The van der Waals surface area contributed by atoms with Gasteiger partial charge in [0.2, 0.25) is 0 Å². The number of Topliss-reactive ketones (excluding diaryl/α,β-unsaturated/α-hetero) is 1. The van der Waals surface area contributed by atoms with Crippen LogP contribution in [0.4, 0.5) is 0 Å². The minimum Gasteiger partial charge on any atom is -0.458 e. The van der Waals surface area contributed by atoms with E-state index in [9.17, 15) is 29.7 Å². The number of aliphatic hydroxyl groups excluding tert-OH is 2. The van der Waals surface area contributed by atoms with E-state index in [1.54, 1.807) is 19.1 Å². The zero-order chi connectivity index (χ0) is 26.8. The Kier molecular flexibility index (Phi) is 6.59. The summed E-state index contributed by atoms with van der Waals surface area (Å²) in [4.78, 5) is 39.4. The first kappa shape index (κ1) is 27.0. The van der Waals surface area contributed by atoms with E-state index in [4.69, 9.17) is 9.47 Å². The molecular formula is C28H40O8. The number of aliphatic hydroxyl groups is 3. The number of ether oxygens (including phenoxy) is 2. The Morgan fingerprint density at radius 2 is 1.89 bits per heavy atom. The Morgan fingerprint density at radius 3 is 2.47 bits per heavy atom. The van der Waals surface area contributed by atoms with Gasteiger partial charge in [0.05, 0.1) is 12.0 Å². The maximum Gasteiger partial charge on any atom is 0.306 e. The summed E-state index contributed by atoms with van der Waals surface area (Å²) in [7, 11) is 0. The monoisotopic (exact) mass is 504 g/mol. The summed E-state index contributed by atoms with van der Waals surface area (Å²) in [6.45, 7) is 10.2. The molecular weight excluding hydrogens is 464 g/mol. The Morgan fingerprint density at radius 1 is 1.22 bits per heavy atom. The quantitative estimate of drug-likeness (QED) is 0.274. The molecule has 8 heteroatoms. The van der Waals surface area contributed by atoms with Crippen LogP contribution in [0.5, 0.6) is 0 Å². The van der Waals surface area contributed by atoms with Crippen LogP contribution in [-0.2, 0) is 23.9 Å². The van der Waals surface area contributed by atoms with Crippen molar-refractivity contribution < 1.29 is 39.2 Å². The van der Waals surface area contributed by atoms with Crippen molar-refractivity contribution in [2.24, 2.45) is 28.6 Å². The summed E-state index contributed by atoms with van der Waals surface area (Å²) in [6.07, 6.45) is 3.20. The molecule has 2 fully saturated rings.